The van der Waals surface area contributed by atoms with Crippen molar-refractivity contribution in [3.05, 3.63) is 78.1 Å². The Morgan fingerprint density at radius 2 is 1.84 bits per heavy atom. The van der Waals surface area contributed by atoms with Gasteiger partial charge in [0.2, 0.25) is 5.91 Å². The summed E-state index contributed by atoms with van der Waals surface area (Å²) in [6.07, 6.45) is 12.2. The highest BCUT2D eigenvalue weighted by Crippen LogP contribution is 2.30. The average Bonchev–Trinajstić information content (AvgIpc) is 3.97. The smallest absolute Gasteiger partial charge is 0.256 e. The molecule has 1 saturated heterocycles. The van der Waals surface area contributed by atoms with Crippen LogP contribution < -0.4 is 26.3 Å². The molecule has 12 nitrogen and oxygen atoms in total. The fraction of sp³-hybridized carbons (Fsp3) is 0.364. The van der Waals surface area contributed by atoms with Crippen LogP contribution in [0.4, 0.5) is 11.6 Å². The third-order valence-corrected chi connectivity index (χ3v) is 7.96. The van der Waals surface area contributed by atoms with Crippen molar-refractivity contribution in [2.45, 2.75) is 50.3 Å². The van der Waals surface area contributed by atoms with Crippen molar-refractivity contribution in [2.75, 3.05) is 37.7 Å². The van der Waals surface area contributed by atoms with Crippen molar-refractivity contribution in [1.29, 1.82) is 0 Å². The summed E-state index contributed by atoms with van der Waals surface area (Å²) in [5, 5.41) is 2.80. The molecule has 0 radical (unpaired) electrons. The highest BCUT2D eigenvalue weighted by molar-refractivity contribution is 6.04. The lowest BCUT2D eigenvalue weighted by molar-refractivity contribution is -0.125. The summed E-state index contributed by atoms with van der Waals surface area (Å²) < 4.78 is 11.9. The summed E-state index contributed by atoms with van der Waals surface area (Å²) in [7, 11) is 2.08. The van der Waals surface area contributed by atoms with Gasteiger partial charge in [0.1, 0.15) is 40.3 Å². The topological polar surface area (TPSA) is 161 Å². The number of amides is 2. The first kappa shape index (κ1) is 30.1. The number of nitrogens with zero attached hydrogens (tertiary/aromatic N) is 5. The minimum absolute atomic E-state index is 0.0233. The number of nitrogens with two attached hydrogens (primary N) is 2. The van der Waals surface area contributed by atoms with Gasteiger partial charge < -0.3 is 31.2 Å². The minimum Gasteiger partial charge on any atom is -0.490 e. The van der Waals surface area contributed by atoms with Gasteiger partial charge in [-0.1, -0.05) is 6.08 Å². The molecule has 1 unspecified atom stereocenters. The number of amidine groups is 1. The molecule has 3 heterocycles. The molecule has 3 aromatic rings. The Labute approximate surface area is 262 Å². The van der Waals surface area contributed by atoms with Gasteiger partial charge in [-0.3, -0.25) is 19.5 Å². The molecule has 5 N–H and O–H groups in total. The zero-order valence-electron chi connectivity index (χ0n) is 25.3. The molecule has 234 valence electrons. The quantitative estimate of drug-likeness (QED) is 0.158. The summed E-state index contributed by atoms with van der Waals surface area (Å²) in [4.78, 5) is 42.6. The van der Waals surface area contributed by atoms with Crippen LogP contribution >= 0.6 is 0 Å². The Morgan fingerprint density at radius 3 is 2.60 bits per heavy atom. The summed E-state index contributed by atoms with van der Waals surface area (Å²) >= 11 is 0. The molecule has 45 heavy (non-hydrogen) atoms. The molecule has 0 spiro atoms. The molecule has 6 rings (SSSR count). The summed E-state index contributed by atoms with van der Waals surface area (Å²) in [6.45, 7) is 1.83. The van der Waals surface area contributed by atoms with E-state index in [0.29, 0.717) is 59.7 Å². The van der Waals surface area contributed by atoms with Gasteiger partial charge in [0.15, 0.2) is 0 Å². The summed E-state index contributed by atoms with van der Waals surface area (Å²) in [6, 6.07) is 12.3. The molecule has 2 aromatic heterocycles. The lowest BCUT2D eigenvalue weighted by Crippen LogP contribution is -2.29. The second-order valence-corrected chi connectivity index (χ2v) is 11.7. The largest absolute Gasteiger partial charge is 0.490 e. The van der Waals surface area contributed by atoms with Gasteiger partial charge in [0, 0.05) is 61.8 Å². The fourth-order valence-corrected chi connectivity index (χ4v) is 5.12. The van der Waals surface area contributed by atoms with Gasteiger partial charge in [0.25, 0.3) is 5.91 Å². The highest BCUT2D eigenvalue weighted by atomic mass is 16.5. The number of carbonyl (C=O) groups excluding carboxylic acids is 2. The van der Waals surface area contributed by atoms with E-state index >= 15 is 0 Å². The number of benzene rings is 1. The fourth-order valence-electron chi connectivity index (χ4n) is 5.12. The number of carbonyl (C=O) groups is 2. The van der Waals surface area contributed by atoms with Gasteiger partial charge in [-0.05, 0) is 69.5 Å². The minimum atomic E-state index is -0.312. The second kappa shape index (κ2) is 13.3. The molecule has 1 aromatic carbocycles. The number of aliphatic imine (C=N–C) groups is 1. The van der Waals surface area contributed by atoms with E-state index in [1.165, 1.54) is 19.0 Å². The molecular formula is C33H38N8O4. The van der Waals surface area contributed by atoms with Crippen molar-refractivity contribution in [3.63, 3.8) is 0 Å². The second-order valence-electron chi connectivity index (χ2n) is 11.7. The maximum Gasteiger partial charge on any atom is 0.256 e. The molecular weight excluding hydrogens is 572 g/mol. The Hall–Kier alpha value is -4.97. The van der Waals surface area contributed by atoms with Crippen LogP contribution in [-0.2, 0) is 4.79 Å². The zero-order chi connectivity index (χ0) is 31.3. The Kier molecular flexibility index (Phi) is 8.92. The molecule has 0 bridgehead atoms. The van der Waals surface area contributed by atoms with Crippen LogP contribution in [0, 0.1) is 0 Å². The van der Waals surface area contributed by atoms with Gasteiger partial charge in [-0.2, -0.15) is 0 Å². The lowest BCUT2D eigenvalue weighted by Gasteiger charge is -2.15. The molecule has 3 aliphatic rings. The standard InChI is InChI=1S/C33H38N8O4/c1-40(23-6-7-23)17-2-3-29(42)41-18-14-22(20-41)38-32(35)30-27(13-16-37-31(30)34)45-25-8-4-21(5-9-25)33(43)39-28-19-26(12-15-36-28)44-24-10-11-24/h2-5,8-9,12-13,15-16,19,22-24H,6-7,10-11,14,17-18,20H2,1H3,(H2,34,37)(H2,35,38)(H,36,39,43)/b3-2+. The van der Waals surface area contributed by atoms with Gasteiger partial charge >= 0.3 is 0 Å². The Bertz CT molecular complexity index is 1600. The van der Waals surface area contributed by atoms with E-state index in [1.54, 1.807) is 59.6 Å². The third-order valence-electron chi connectivity index (χ3n) is 7.96. The normalized spacial score (nSPS) is 18.4. The van der Waals surface area contributed by atoms with Crippen molar-refractivity contribution in [1.82, 2.24) is 19.8 Å². The van der Waals surface area contributed by atoms with E-state index in [4.69, 9.17) is 20.9 Å². The Balaban J connectivity index is 1.06. The van der Waals surface area contributed by atoms with Crippen molar-refractivity contribution in [3.8, 4) is 17.2 Å². The third kappa shape index (κ3) is 7.95. The first-order chi connectivity index (χ1) is 21.8. The number of pyridine rings is 2. The average molecular weight is 611 g/mol. The van der Waals surface area contributed by atoms with Crippen LogP contribution in [0.15, 0.2) is 72.0 Å². The summed E-state index contributed by atoms with van der Waals surface area (Å²) in [5.74, 6) is 1.98. The molecule has 12 heteroatoms. The number of likely N-dealkylation sites (N-methyl/N-ethyl adjacent to an activating group) is 1. The number of hydrogen-bond donors (Lipinski definition) is 3. The van der Waals surface area contributed by atoms with Crippen molar-refractivity contribution in [2.24, 2.45) is 10.7 Å². The predicted octanol–water partition coefficient (Wildman–Crippen LogP) is 3.60. The van der Waals surface area contributed by atoms with Crippen LogP contribution in [0.3, 0.4) is 0 Å². The highest BCUT2D eigenvalue weighted by Gasteiger charge is 2.27. The number of nitrogens with one attached hydrogen (secondary N) is 1. The number of rotatable bonds is 12. The Morgan fingerprint density at radius 1 is 1.07 bits per heavy atom. The lowest BCUT2D eigenvalue weighted by atomic mass is 10.2. The zero-order valence-corrected chi connectivity index (χ0v) is 25.3. The number of nitrogen functional groups attached to an aromatic ring is 1. The van der Waals surface area contributed by atoms with Crippen LogP contribution in [0.5, 0.6) is 17.2 Å². The first-order valence-corrected chi connectivity index (χ1v) is 15.3. The van der Waals surface area contributed by atoms with E-state index in [-0.39, 0.29) is 35.6 Å². The molecule has 2 saturated carbocycles. The molecule has 2 aliphatic carbocycles. The van der Waals surface area contributed by atoms with Crippen LogP contribution in [0.1, 0.15) is 48.0 Å². The van der Waals surface area contributed by atoms with Crippen molar-refractivity contribution >= 4 is 29.3 Å². The molecule has 1 atom stereocenters. The van der Waals surface area contributed by atoms with E-state index in [9.17, 15) is 9.59 Å². The van der Waals surface area contributed by atoms with Crippen LogP contribution in [-0.4, -0.2) is 82.3 Å². The number of aromatic nitrogens is 2. The van der Waals surface area contributed by atoms with Crippen LogP contribution in [0.2, 0.25) is 0 Å². The van der Waals surface area contributed by atoms with Gasteiger partial charge in [0.05, 0.1) is 12.1 Å². The molecule has 1 aliphatic heterocycles. The van der Waals surface area contributed by atoms with Crippen LogP contribution in [0.25, 0.3) is 0 Å². The maximum absolute atomic E-state index is 12.8. The monoisotopic (exact) mass is 610 g/mol. The predicted molar refractivity (Wildman–Crippen MR) is 172 cm³/mol. The number of anilines is 2. The summed E-state index contributed by atoms with van der Waals surface area (Å²) in [5.41, 5.74) is 13.5. The molecule has 3 fully saturated rings. The first-order valence-electron chi connectivity index (χ1n) is 15.3. The maximum atomic E-state index is 12.8. The number of ether oxygens (including phenoxy) is 2. The van der Waals surface area contributed by atoms with Gasteiger partial charge in [-0.15, -0.1) is 0 Å². The molecule has 2 amide bonds. The van der Waals surface area contributed by atoms with E-state index in [1.807, 2.05) is 6.08 Å². The SMILES string of the molecule is CN(C/C=C/C(=O)N1CCC(N=C(N)c2c(Oc3ccc(C(=O)Nc4cc(OC5CC5)ccn4)cc3)ccnc2N)C1)C1CC1. The van der Waals surface area contributed by atoms with Crippen molar-refractivity contribution < 1.29 is 19.1 Å². The van der Waals surface area contributed by atoms with E-state index < -0.39 is 0 Å². The van der Waals surface area contributed by atoms with E-state index in [2.05, 4.69) is 32.2 Å². The number of likely N-dealkylation sites (tertiary alicyclic amines) is 1. The van der Waals surface area contributed by atoms with Gasteiger partial charge in [-0.25, -0.2) is 9.97 Å². The van der Waals surface area contributed by atoms with E-state index in [0.717, 1.165) is 19.4 Å². The number of hydrogen-bond acceptors (Lipinski definition) is 9.